The Bertz CT molecular complexity index is 613. The molecule has 0 saturated heterocycles. The average Bonchev–Trinajstić information content (AvgIpc) is 2.45. The molecule has 0 aliphatic carbocycles. The van der Waals surface area contributed by atoms with Crippen LogP contribution in [0.15, 0.2) is 0 Å². The highest BCUT2D eigenvalue weighted by molar-refractivity contribution is 6.46. The zero-order chi connectivity index (χ0) is 17.9. The molecule has 1 heterocycles. The van der Waals surface area contributed by atoms with E-state index in [9.17, 15) is 9.59 Å². The van der Waals surface area contributed by atoms with Crippen LogP contribution in [0, 0.1) is 0 Å². The number of nitrogens with zero attached hydrogens (tertiary/aromatic N) is 2. The molecule has 1 aromatic rings. The van der Waals surface area contributed by atoms with Crippen LogP contribution in [0.2, 0.25) is 15.2 Å². The SMILES string of the molecule is CC(C)N(C(=O)COC(=O)c1nc(Cl)c(Cl)c(N)c1Cl)C(C)C. The number of hydrogen-bond acceptors (Lipinski definition) is 5. The third-order valence-electron chi connectivity index (χ3n) is 2.99. The molecule has 0 spiro atoms. The van der Waals surface area contributed by atoms with E-state index in [4.69, 9.17) is 45.3 Å². The summed E-state index contributed by atoms with van der Waals surface area (Å²) in [5.41, 5.74) is 5.28. The molecule has 0 bridgehead atoms. The van der Waals surface area contributed by atoms with Crippen LogP contribution < -0.4 is 5.73 Å². The van der Waals surface area contributed by atoms with Crippen molar-refractivity contribution in [2.75, 3.05) is 12.3 Å². The number of anilines is 1. The number of halogens is 3. The molecule has 9 heteroatoms. The molecule has 1 aromatic heterocycles. The molecular weight excluding hydrogens is 365 g/mol. The van der Waals surface area contributed by atoms with E-state index in [-0.39, 0.29) is 44.6 Å². The minimum atomic E-state index is -0.902. The van der Waals surface area contributed by atoms with Gasteiger partial charge in [-0.15, -0.1) is 0 Å². The molecule has 0 aromatic carbocycles. The van der Waals surface area contributed by atoms with Gasteiger partial charge in [0.05, 0.1) is 10.7 Å². The second kappa shape index (κ2) is 8.04. The molecule has 0 aliphatic heterocycles. The van der Waals surface area contributed by atoms with Gasteiger partial charge in [-0.25, -0.2) is 9.78 Å². The van der Waals surface area contributed by atoms with Gasteiger partial charge < -0.3 is 15.4 Å². The summed E-state index contributed by atoms with van der Waals surface area (Å²) in [6, 6.07) is -0.0490. The van der Waals surface area contributed by atoms with Gasteiger partial charge in [0.15, 0.2) is 17.5 Å². The van der Waals surface area contributed by atoms with Crippen LogP contribution in [0.25, 0.3) is 0 Å². The molecule has 0 atom stereocenters. The van der Waals surface area contributed by atoms with E-state index in [0.717, 1.165) is 0 Å². The van der Waals surface area contributed by atoms with Crippen LogP contribution in [0.4, 0.5) is 5.69 Å². The van der Waals surface area contributed by atoms with Crippen LogP contribution in [-0.2, 0) is 9.53 Å². The third-order valence-corrected chi connectivity index (χ3v) is 4.13. The molecule has 23 heavy (non-hydrogen) atoms. The predicted molar refractivity (Wildman–Crippen MR) is 91.1 cm³/mol. The van der Waals surface area contributed by atoms with Gasteiger partial charge >= 0.3 is 5.97 Å². The van der Waals surface area contributed by atoms with Crippen LogP contribution in [0.1, 0.15) is 38.2 Å². The second-order valence-corrected chi connectivity index (χ2v) is 6.47. The normalized spacial score (nSPS) is 11.0. The van der Waals surface area contributed by atoms with Crippen LogP contribution in [-0.4, -0.2) is 40.5 Å². The van der Waals surface area contributed by atoms with Gasteiger partial charge in [0.2, 0.25) is 0 Å². The van der Waals surface area contributed by atoms with Crippen LogP contribution in [0.5, 0.6) is 0 Å². The number of ether oxygens (including phenoxy) is 1. The first-order valence-electron chi connectivity index (χ1n) is 6.86. The number of pyridine rings is 1. The lowest BCUT2D eigenvalue weighted by molar-refractivity contribution is -0.138. The molecule has 2 N–H and O–H groups in total. The maximum Gasteiger partial charge on any atom is 0.359 e. The van der Waals surface area contributed by atoms with E-state index < -0.39 is 12.6 Å². The van der Waals surface area contributed by atoms with Crippen molar-refractivity contribution < 1.29 is 14.3 Å². The summed E-state index contributed by atoms with van der Waals surface area (Å²) in [5, 5.41) is -0.380. The monoisotopic (exact) mass is 381 g/mol. The Balaban J connectivity index is 2.88. The topological polar surface area (TPSA) is 85.5 Å². The number of nitrogens with two attached hydrogens (primary N) is 1. The quantitative estimate of drug-likeness (QED) is 0.623. The second-order valence-electron chi connectivity index (χ2n) is 5.36. The van der Waals surface area contributed by atoms with E-state index in [1.54, 1.807) is 4.90 Å². The summed E-state index contributed by atoms with van der Waals surface area (Å²) in [4.78, 5) is 29.6. The van der Waals surface area contributed by atoms with Crippen LogP contribution >= 0.6 is 34.8 Å². The largest absolute Gasteiger partial charge is 0.451 e. The number of hydrogen-bond donors (Lipinski definition) is 1. The smallest absolute Gasteiger partial charge is 0.359 e. The summed E-state index contributed by atoms with van der Waals surface area (Å²) in [7, 11) is 0. The third kappa shape index (κ3) is 4.62. The highest BCUT2D eigenvalue weighted by atomic mass is 35.5. The van der Waals surface area contributed by atoms with Crippen LogP contribution in [0.3, 0.4) is 0 Å². The molecule has 0 fully saturated rings. The Morgan fingerprint density at radius 2 is 1.65 bits per heavy atom. The van der Waals surface area contributed by atoms with Gasteiger partial charge in [-0.05, 0) is 27.7 Å². The van der Waals surface area contributed by atoms with Crippen molar-refractivity contribution in [1.82, 2.24) is 9.88 Å². The van der Waals surface area contributed by atoms with Gasteiger partial charge in [0.25, 0.3) is 5.91 Å². The first-order valence-corrected chi connectivity index (χ1v) is 7.99. The first kappa shape index (κ1) is 19.8. The summed E-state index contributed by atoms with van der Waals surface area (Å²) < 4.78 is 4.97. The van der Waals surface area contributed by atoms with Gasteiger partial charge in [-0.2, -0.15) is 0 Å². The lowest BCUT2D eigenvalue weighted by Crippen LogP contribution is -2.44. The highest BCUT2D eigenvalue weighted by Crippen LogP contribution is 2.34. The zero-order valence-electron chi connectivity index (χ0n) is 13.2. The summed E-state index contributed by atoms with van der Waals surface area (Å²) in [5.74, 6) is -1.23. The number of carbonyl (C=O) groups is 2. The lowest BCUT2D eigenvalue weighted by Gasteiger charge is -2.30. The Morgan fingerprint density at radius 3 is 2.13 bits per heavy atom. The van der Waals surface area contributed by atoms with E-state index in [1.165, 1.54) is 0 Å². The van der Waals surface area contributed by atoms with Crippen molar-refractivity contribution in [3.8, 4) is 0 Å². The molecule has 1 amide bonds. The maximum absolute atomic E-state index is 12.2. The molecule has 0 unspecified atom stereocenters. The Morgan fingerprint density at radius 1 is 1.13 bits per heavy atom. The van der Waals surface area contributed by atoms with E-state index in [2.05, 4.69) is 4.98 Å². The van der Waals surface area contributed by atoms with Gasteiger partial charge in [0, 0.05) is 12.1 Å². The Kier molecular flexibility index (Phi) is 6.92. The molecule has 0 aliphatic rings. The summed E-state index contributed by atoms with van der Waals surface area (Å²) in [6.45, 7) is 7.05. The van der Waals surface area contributed by atoms with Gasteiger partial charge in [-0.3, -0.25) is 4.79 Å². The first-order chi connectivity index (χ1) is 10.6. The predicted octanol–water partition coefficient (Wildman–Crippen LogP) is 3.43. The van der Waals surface area contributed by atoms with Crippen molar-refractivity contribution in [3.05, 3.63) is 20.9 Å². The number of amides is 1. The molecule has 128 valence electrons. The molecule has 1 rings (SSSR count). The van der Waals surface area contributed by atoms with E-state index >= 15 is 0 Å². The molecular formula is C14H18Cl3N3O3. The summed E-state index contributed by atoms with van der Waals surface area (Å²) >= 11 is 17.5. The fourth-order valence-corrected chi connectivity index (χ4v) is 2.69. The fourth-order valence-electron chi connectivity index (χ4n) is 2.11. The van der Waals surface area contributed by atoms with Gasteiger partial charge in [0.1, 0.15) is 5.02 Å². The van der Waals surface area contributed by atoms with E-state index in [1.807, 2.05) is 27.7 Å². The number of nitrogen functional groups attached to an aromatic ring is 1. The standard InChI is InChI=1S/C14H18Cl3N3O3/c1-6(2)20(7(3)4)8(21)5-23-14(22)12-9(15)11(18)10(16)13(17)19-12/h6-7H,5H2,1-4H3,(H2,18,19). The Labute approximate surface area is 149 Å². The minimum absolute atomic E-state index is 0.0245. The fraction of sp³-hybridized carbons (Fsp3) is 0.500. The molecule has 0 radical (unpaired) electrons. The average molecular weight is 383 g/mol. The molecule has 6 nitrogen and oxygen atoms in total. The van der Waals surface area contributed by atoms with Crippen molar-refractivity contribution in [2.45, 2.75) is 39.8 Å². The van der Waals surface area contributed by atoms with Gasteiger partial charge in [-0.1, -0.05) is 34.8 Å². The van der Waals surface area contributed by atoms with Crippen molar-refractivity contribution in [2.24, 2.45) is 0 Å². The number of esters is 1. The van der Waals surface area contributed by atoms with Crippen molar-refractivity contribution in [1.29, 1.82) is 0 Å². The lowest BCUT2D eigenvalue weighted by atomic mass is 10.2. The number of aromatic nitrogens is 1. The highest BCUT2D eigenvalue weighted by Gasteiger charge is 2.24. The summed E-state index contributed by atoms with van der Waals surface area (Å²) in [6.07, 6.45) is 0. The maximum atomic E-state index is 12.2. The number of rotatable bonds is 5. The zero-order valence-corrected chi connectivity index (χ0v) is 15.5. The van der Waals surface area contributed by atoms with Crippen molar-refractivity contribution in [3.63, 3.8) is 0 Å². The van der Waals surface area contributed by atoms with E-state index in [0.29, 0.717) is 0 Å². The Hall–Kier alpha value is -1.24. The minimum Gasteiger partial charge on any atom is -0.451 e. The van der Waals surface area contributed by atoms with Crippen molar-refractivity contribution >= 4 is 52.4 Å². The number of carbonyl (C=O) groups excluding carboxylic acids is 2. The molecule has 0 saturated carbocycles.